The van der Waals surface area contributed by atoms with Crippen molar-refractivity contribution in [3.05, 3.63) is 28.8 Å². The highest BCUT2D eigenvalue weighted by atomic mass is 32.2. The summed E-state index contributed by atoms with van der Waals surface area (Å²) in [6.07, 6.45) is 0.536. The molecule has 1 aliphatic rings. The maximum atomic E-state index is 12.3. The number of hydrogen-bond acceptors (Lipinski definition) is 4. The molecule has 1 aromatic rings. The molecule has 0 aromatic heterocycles. The predicted molar refractivity (Wildman–Crippen MR) is 80.8 cm³/mol. The fraction of sp³-hybridized carbons (Fsp3) is 0.429. The molecule has 0 radical (unpaired) electrons. The molecule has 0 bridgehead atoms. The second-order valence-corrected chi connectivity index (χ2v) is 7.07. The van der Waals surface area contributed by atoms with Gasteiger partial charge in [0.25, 0.3) is 5.91 Å². The van der Waals surface area contributed by atoms with Crippen molar-refractivity contribution in [2.45, 2.75) is 31.2 Å². The Morgan fingerprint density at radius 2 is 2.00 bits per heavy atom. The fourth-order valence-corrected chi connectivity index (χ4v) is 3.33. The molecule has 1 heterocycles. The van der Waals surface area contributed by atoms with Gasteiger partial charge in [0, 0.05) is 19.2 Å². The average molecular weight is 325 g/mol. The number of sulfonamides is 1. The number of carbonyl (C=O) groups is 2. The van der Waals surface area contributed by atoms with Gasteiger partial charge in [-0.2, -0.15) is 0 Å². The van der Waals surface area contributed by atoms with Crippen LogP contribution in [0.1, 0.15) is 27.9 Å². The number of rotatable bonds is 3. The van der Waals surface area contributed by atoms with Crippen LogP contribution < -0.4 is 10.5 Å². The summed E-state index contributed by atoms with van der Waals surface area (Å²) in [5, 5.41) is 7.81. The zero-order valence-electron chi connectivity index (χ0n) is 12.7. The van der Waals surface area contributed by atoms with Crippen molar-refractivity contribution in [1.29, 1.82) is 0 Å². The number of benzene rings is 1. The number of nitrogens with zero attached hydrogens (tertiary/aromatic N) is 1. The van der Waals surface area contributed by atoms with Crippen LogP contribution in [0.4, 0.5) is 0 Å². The summed E-state index contributed by atoms with van der Waals surface area (Å²) in [5.74, 6) is -0.634. The molecule has 8 heteroatoms. The molecule has 2 rings (SSSR count). The first-order chi connectivity index (χ1) is 10.1. The number of amides is 2. The molecular weight excluding hydrogens is 306 g/mol. The lowest BCUT2D eigenvalue weighted by Crippen LogP contribution is -2.40. The first-order valence-corrected chi connectivity index (χ1v) is 8.36. The van der Waals surface area contributed by atoms with Gasteiger partial charge < -0.3 is 10.2 Å². The van der Waals surface area contributed by atoms with E-state index in [1.807, 2.05) is 0 Å². The van der Waals surface area contributed by atoms with Gasteiger partial charge in [-0.05, 0) is 43.5 Å². The Morgan fingerprint density at radius 1 is 1.36 bits per heavy atom. The number of likely N-dealkylation sites (tertiary alicyclic amines) is 1. The Balaban J connectivity index is 2.31. The fourth-order valence-electron chi connectivity index (χ4n) is 2.45. The normalized spacial score (nSPS) is 18.6. The van der Waals surface area contributed by atoms with Crippen LogP contribution in [0, 0.1) is 13.8 Å². The molecule has 1 aromatic carbocycles. The van der Waals surface area contributed by atoms with Gasteiger partial charge in [0.05, 0.1) is 4.90 Å². The van der Waals surface area contributed by atoms with Gasteiger partial charge in [0.15, 0.2) is 0 Å². The topological polar surface area (TPSA) is 110 Å². The smallest absolute Gasteiger partial charge is 0.251 e. The molecule has 1 fully saturated rings. The Bertz CT molecular complexity index is 743. The SMILES string of the molecule is Cc1cc(C(=O)N[C@H]2CCN(C)C2=O)cc(S(N)(=O)=O)c1C. The molecule has 120 valence electrons. The van der Waals surface area contributed by atoms with Gasteiger partial charge in [0.1, 0.15) is 6.04 Å². The molecule has 7 nitrogen and oxygen atoms in total. The van der Waals surface area contributed by atoms with Crippen molar-refractivity contribution in [3.8, 4) is 0 Å². The van der Waals surface area contributed by atoms with E-state index in [0.29, 0.717) is 24.1 Å². The third-order valence-electron chi connectivity index (χ3n) is 3.92. The van der Waals surface area contributed by atoms with E-state index in [1.54, 1.807) is 31.9 Å². The first kappa shape index (κ1) is 16.4. The van der Waals surface area contributed by atoms with Crippen molar-refractivity contribution < 1.29 is 18.0 Å². The molecule has 1 saturated heterocycles. The van der Waals surface area contributed by atoms with Gasteiger partial charge in [-0.15, -0.1) is 0 Å². The van der Waals surface area contributed by atoms with Crippen LogP contribution in [0.15, 0.2) is 17.0 Å². The van der Waals surface area contributed by atoms with Crippen LogP contribution in [0.25, 0.3) is 0 Å². The van der Waals surface area contributed by atoms with Crippen LogP contribution >= 0.6 is 0 Å². The minimum absolute atomic E-state index is 0.0764. The van der Waals surface area contributed by atoms with E-state index >= 15 is 0 Å². The van der Waals surface area contributed by atoms with E-state index in [1.165, 1.54) is 6.07 Å². The largest absolute Gasteiger partial charge is 0.344 e. The molecule has 0 unspecified atom stereocenters. The molecular formula is C14H19N3O4S. The van der Waals surface area contributed by atoms with Crippen molar-refractivity contribution >= 4 is 21.8 Å². The minimum atomic E-state index is -3.91. The monoisotopic (exact) mass is 325 g/mol. The quantitative estimate of drug-likeness (QED) is 0.809. The number of nitrogens with one attached hydrogen (secondary N) is 1. The van der Waals surface area contributed by atoms with E-state index < -0.39 is 22.0 Å². The maximum Gasteiger partial charge on any atom is 0.251 e. The highest BCUT2D eigenvalue weighted by Crippen LogP contribution is 2.20. The number of primary sulfonamides is 1. The van der Waals surface area contributed by atoms with Crippen molar-refractivity contribution in [2.24, 2.45) is 5.14 Å². The first-order valence-electron chi connectivity index (χ1n) is 6.81. The number of nitrogens with two attached hydrogens (primary N) is 1. The van der Waals surface area contributed by atoms with Crippen LogP contribution in [0.3, 0.4) is 0 Å². The Labute approximate surface area is 129 Å². The molecule has 2 amide bonds. The Kier molecular flexibility index (Phi) is 4.25. The highest BCUT2D eigenvalue weighted by molar-refractivity contribution is 7.89. The second-order valence-electron chi connectivity index (χ2n) is 5.54. The van der Waals surface area contributed by atoms with E-state index in [9.17, 15) is 18.0 Å². The van der Waals surface area contributed by atoms with Crippen LogP contribution in [0.5, 0.6) is 0 Å². The predicted octanol–water partition coefficient (Wildman–Crippen LogP) is -0.0887. The van der Waals surface area contributed by atoms with Gasteiger partial charge in [-0.1, -0.05) is 0 Å². The van der Waals surface area contributed by atoms with Crippen LogP contribution in [-0.4, -0.2) is 44.8 Å². The number of aryl methyl sites for hydroxylation is 1. The Hall–Kier alpha value is -1.93. The second kappa shape index (κ2) is 5.69. The molecule has 0 spiro atoms. The molecule has 1 atom stereocenters. The average Bonchev–Trinajstić information content (AvgIpc) is 2.72. The van der Waals surface area contributed by atoms with Gasteiger partial charge >= 0.3 is 0 Å². The maximum absolute atomic E-state index is 12.3. The standard InChI is InChI=1S/C14H19N3O4S/c1-8-6-10(7-12(9(8)2)22(15,20)21)13(18)16-11-4-5-17(3)14(11)19/h6-7,11H,4-5H2,1-3H3,(H,16,18)(H2,15,20,21)/t11-/m0/s1. The van der Waals surface area contributed by atoms with Crippen molar-refractivity contribution in [1.82, 2.24) is 10.2 Å². The lowest BCUT2D eigenvalue weighted by atomic mass is 10.1. The van der Waals surface area contributed by atoms with E-state index in [2.05, 4.69) is 5.32 Å². The summed E-state index contributed by atoms with van der Waals surface area (Å²) >= 11 is 0. The third kappa shape index (κ3) is 3.12. The molecule has 0 aliphatic carbocycles. The van der Waals surface area contributed by atoms with E-state index in [0.717, 1.165) is 0 Å². The van der Waals surface area contributed by atoms with E-state index in [4.69, 9.17) is 5.14 Å². The molecule has 22 heavy (non-hydrogen) atoms. The zero-order chi connectivity index (χ0) is 16.7. The van der Waals surface area contributed by atoms with Crippen LogP contribution in [-0.2, 0) is 14.8 Å². The summed E-state index contributed by atoms with van der Waals surface area (Å²) in [4.78, 5) is 25.6. The zero-order valence-corrected chi connectivity index (χ0v) is 13.5. The van der Waals surface area contributed by atoms with E-state index in [-0.39, 0.29) is 16.4 Å². The molecule has 1 aliphatic heterocycles. The van der Waals surface area contributed by atoms with Gasteiger partial charge in [-0.25, -0.2) is 13.6 Å². The number of carbonyl (C=O) groups excluding carboxylic acids is 2. The van der Waals surface area contributed by atoms with Gasteiger partial charge in [-0.3, -0.25) is 9.59 Å². The summed E-state index contributed by atoms with van der Waals surface area (Å²) in [6, 6.07) is 2.26. The summed E-state index contributed by atoms with van der Waals surface area (Å²) in [5.41, 5.74) is 1.33. The molecule has 3 N–H and O–H groups in total. The lowest BCUT2D eigenvalue weighted by Gasteiger charge is -2.14. The van der Waals surface area contributed by atoms with Crippen LogP contribution in [0.2, 0.25) is 0 Å². The summed E-state index contributed by atoms with van der Waals surface area (Å²) in [6.45, 7) is 3.92. The number of likely N-dealkylation sites (N-methyl/N-ethyl adjacent to an activating group) is 1. The van der Waals surface area contributed by atoms with Crippen molar-refractivity contribution in [2.75, 3.05) is 13.6 Å². The van der Waals surface area contributed by atoms with Gasteiger partial charge in [0.2, 0.25) is 15.9 Å². The lowest BCUT2D eigenvalue weighted by molar-refractivity contribution is -0.128. The number of hydrogen-bond donors (Lipinski definition) is 2. The highest BCUT2D eigenvalue weighted by Gasteiger charge is 2.30. The summed E-state index contributed by atoms with van der Waals surface area (Å²) in [7, 11) is -2.24. The van der Waals surface area contributed by atoms with Crippen molar-refractivity contribution in [3.63, 3.8) is 0 Å². The summed E-state index contributed by atoms with van der Waals surface area (Å²) < 4.78 is 23.2. The third-order valence-corrected chi connectivity index (χ3v) is 4.96. The Morgan fingerprint density at radius 3 is 2.50 bits per heavy atom. The molecule has 0 saturated carbocycles. The minimum Gasteiger partial charge on any atom is -0.344 e.